The van der Waals surface area contributed by atoms with Crippen molar-refractivity contribution in [3.63, 3.8) is 0 Å². The first kappa shape index (κ1) is 11.8. The molecule has 0 saturated carbocycles. The summed E-state index contributed by atoms with van der Waals surface area (Å²) in [6.45, 7) is 1.51. The Morgan fingerprint density at radius 3 is 2.94 bits per heavy atom. The van der Waals surface area contributed by atoms with Crippen LogP contribution in [0.4, 0.5) is 4.39 Å². The molecule has 0 aliphatic carbocycles. The average molecular weight is 244 g/mol. The standard InChI is InChI=1S/C12H15ClFNO/c13-11-6-10(14)3-2-9(11)7-12(16)4-1-5-15-8-12/h2-3,6,15-16H,1,4-5,7-8H2. The summed E-state index contributed by atoms with van der Waals surface area (Å²) in [4.78, 5) is 0. The lowest BCUT2D eigenvalue weighted by molar-refractivity contribution is 0.0169. The second kappa shape index (κ2) is 4.70. The Morgan fingerprint density at radius 1 is 1.50 bits per heavy atom. The van der Waals surface area contributed by atoms with Gasteiger partial charge in [0.2, 0.25) is 0 Å². The van der Waals surface area contributed by atoms with Crippen LogP contribution in [0.15, 0.2) is 18.2 Å². The second-order valence-corrected chi connectivity index (χ2v) is 4.82. The molecule has 1 aliphatic heterocycles. The monoisotopic (exact) mass is 243 g/mol. The molecular weight excluding hydrogens is 229 g/mol. The maximum absolute atomic E-state index is 12.9. The Bertz CT molecular complexity index is 377. The van der Waals surface area contributed by atoms with Crippen molar-refractivity contribution in [1.82, 2.24) is 5.32 Å². The molecule has 0 radical (unpaired) electrons. The first-order valence-corrected chi connectivity index (χ1v) is 5.84. The third kappa shape index (κ3) is 2.73. The van der Waals surface area contributed by atoms with Gasteiger partial charge in [0.15, 0.2) is 0 Å². The van der Waals surface area contributed by atoms with E-state index in [1.807, 2.05) is 0 Å². The van der Waals surface area contributed by atoms with Crippen LogP contribution in [-0.2, 0) is 6.42 Å². The lowest BCUT2D eigenvalue weighted by Crippen LogP contribution is -2.47. The Morgan fingerprint density at radius 2 is 2.31 bits per heavy atom. The number of hydrogen-bond acceptors (Lipinski definition) is 2. The Balaban J connectivity index is 2.13. The lowest BCUT2D eigenvalue weighted by Gasteiger charge is -2.33. The summed E-state index contributed by atoms with van der Waals surface area (Å²) < 4.78 is 12.9. The molecule has 0 spiro atoms. The smallest absolute Gasteiger partial charge is 0.124 e. The van der Waals surface area contributed by atoms with Crippen LogP contribution >= 0.6 is 11.6 Å². The summed E-state index contributed by atoms with van der Waals surface area (Å²) in [6.07, 6.45) is 2.18. The Hall–Kier alpha value is -0.640. The molecule has 1 aromatic carbocycles. The summed E-state index contributed by atoms with van der Waals surface area (Å²) in [6, 6.07) is 4.31. The molecule has 0 aromatic heterocycles. The fourth-order valence-corrected chi connectivity index (χ4v) is 2.36. The molecule has 2 rings (SSSR count). The van der Waals surface area contributed by atoms with Crippen LogP contribution in [0.2, 0.25) is 5.02 Å². The number of benzene rings is 1. The van der Waals surface area contributed by atoms with Gasteiger partial charge in [0.25, 0.3) is 0 Å². The molecule has 0 bridgehead atoms. The molecule has 0 amide bonds. The van der Waals surface area contributed by atoms with Gasteiger partial charge in [-0.25, -0.2) is 4.39 Å². The fourth-order valence-electron chi connectivity index (χ4n) is 2.12. The number of aliphatic hydroxyl groups is 1. The van der Waals surface area contributed by atoms with Gasteiger partial charge in [-0.2, -0.15) is 0 Å². The van der Waals surface area contributed by atoms with Gasteiger partial charge in [-0.1, -0.05) is 17.7 Å². The van der Waals surface area contributed by atoms with Crippen molar-refractivity contribution in [2.24, 2.45) is 0 Å². The molecule has 1 fully saturated rings. The topological polar surface area (TPSA) is 32.3 Å². The summed E-state index contributed by atoms with van der Waals surface area (Å²) in [5.41, 5.74) is 0.0500. The number of piperidine rings is 1. The highest BCUT2D eigenvalue weighted by atomic mass is 35.5. The molecule has 1 atom stereocenters. The molecule has 4 heteroatoms. The normalized spacial score (nSPS) is 25.7. The van der Waals surface area contributed by atoms with Crippen molar-refractivity contribution >= 4 is 11.6 Å². The summed E-state index contributed by atoms with van der Waals surface area (Å²) in [5, 5.41) is 13.9. The van der Waals surface area contributed by atoms with Gasteiger partial charge < -0.3 is 10.4 Å². The zero-order valence-electron chi connectivity index (χ0n) is 8.97. The quantitative estimate of drug-likeness (QED) is 0.834. The van der Waals surface area contributed by atoms with E-state index in [0.29, 0.717) is 18.0 Å². The van der Waals surface area contributed by atoms with Crippen LogP contribution in [0.25, 0.3) is 0 Å². The predicted octanol–water partition coefficient (Wildman–Crippen LogP) is 2.14. The minimum absolute atomic E-state index is 0.345. The van der Waals surface area contributed by atoms with E-state index in [1.165, 1.54) is 12.1 Å². The second-order valence-electron chi connectivity index (χ2n) is 4.42. The van der Waals surface area contributed by atoms with Crippen molar-refractivity contribution in [3.05, 3.63) is 34.6 Å². The highest BCUT2D eigenvalue weighted by Gasteiger charge is 2.29. The van der Waals surface area contributed by atoms with E-state index >= 15 is 0 Å². The number of halogens is 2. The van der Waals surface area contributed by atoms with Crippen molar-refractivity contribution in [3.8, 4) is 0 Å². The van der Waals surface area contributed by atoms with Crippen molar-refractivity contribution in [2.45, 2.75) is 24.9 Å². The Labute approximate surface area is 99.4 Å². The van der Waals surface area contributed by atoms with Crippen LogP contribution < -0.4 is 5.32 Å². The first-order valence-electron chi connectivity index (χ1n) is 5.46. The summed E-state index contributed by atoms with van der Waals surface area (Å²) in [7, 11) is 0. The van der Waals surface area contributed by atoms with Crippen molar-refractivity contribution in [2.75, 3.05) is 13.1 Å². The van der Waals surface area contributed by atoms with E-state index in [2.05, 4.69) is 5.32 Å². The van der Waals surface area contributed by atoms with Gasteiger partial charge in [-0.3, -0.25) is 0 Å². The van der Waals surface area contributed by atoms with Crippen LogP contribution in [-0.4, -0.2) is 23.8 Å². The molecule has 1 saturated heterocycles. The highest BCUT2D eigenvalue weighted by molar-refractivity contribution is 6.31. The van der Waals surface area contributed by atoms with Gasteiger partial charge >= 0.3 is 0 Å². The third-order valence-corrected chi connectivity index (χ3v) is 3.34. The molecule has 16 heavy (non-hydrogen) atoms. The molecule has 1 heterocycles. The minimum Gasteiger partial charge on any atom is -0.388 e. The zero-order chi connectivity index (χ0) is 11.6. The van der Waals surface area contributed by atoms with E-state index in [4.69, 9.17) is 11.6 Å². The Kier molecular flexibility index (Phi) is 3.47. The van der Waals surface area contributed by atoms with Crippen molar-refractivity contribution in [1.29, 1.82) is 0 Å². The molecule has 1 aliphatic rings. The minimum atomic E-state index is -0.750. The number of nitrogens with one attached hydrogen (secondary N) is 1. The van der Waals surface area contributed by atoms with Crippen LogP contribution in [0.3, 0.4) is 0 Å². The maximum Gasteiger partial charge on any atom is 0.124 e. The van der Waals surface area contributed by atoms with Gasteiger partial charge in [-0.05, 0) is 37.1 Å². The van der Waals surface area contributed by atoms with E-state index in [9.17, 15) is 9.50 Å². The average Bonchev–Trinajstić information content (AvgIpc) is 2.23. The maximum atomic E-state index is 12.9. The lowest BCUT2D eigenvalue weighted by atomic mass is 9.87. The predicted molar refractivity (Wildman–Crippen MR) is 62.2 cm³/mol. The first-order chi connectivity index (χ1) is 7.59. The van der Waals surface area contributed by atoms with E-state index < -0.39 is 5.60 Å². The van der Waals surface area contributed by atoms with Crippen LogP contribution in [0.1, 0.15) is 18.4 Å². The largest absolute Gasteiger partial charge is 0.388 e. The van der Waals surface area contributed by atoms with Gasteiger partial charge in [0.1, 0.15) is 5.82 Å². The molecule has 2 nitrogen and oxygen atoms in total. The van der Waals surface area contributed by atoms with E-state index in [-0.39, 0.29) is 5.82 Å². The molecule has 2 N–H and O–H groups in total. The molecule has 1 aromatic rings. The van der Waals surface area contributed by atoms with E-state index in [1.54, 1.807) is 6.07 Å². The van der Waals surface area contributed by atoms with Crippen LogP contribution in [0, 0.1) is 5.82 Å². The third-order valence-electron chi connectivity index (χ3n) is 2.98. The highest BCUT2D eigenvalue weighted by Crippen LogP contribution is 2.26. The van der Waals surface area contributed by atoms with Crippen molar-refractivity contribution < 1.29 is 9.50 Å². The molecule has 1 unspecified atom stereocenters. The van der Waals surface area contributed by atoms with Gasteiger partial charge in [-0.15, -0.1) is 0 Å². The molecular formula is C12H15ClFNO. The van der Waals surface area contributed by atoms with Gasteiger partial charge in [0.05, 0.1) is 5.60 Å². The summed E-state index contributed by atoms with van der Waals surface area (Å²) >= 11 is 5.94. The van der Waals surface area contributed by atoms with E-state index in [0.717, 1.165) is 24.9 Å². The fraction of sp³-hybridized carbons (Fsp3) is 0.500. The number of hydrogen-bond donors (Lipinski definition) is 2. The van der Waals surface area contributed by atoms with Gasteiger partial charge in [0, 0.05) is 18.0 Å². The van der Waals surface area contributed by atoms with Crippen LogP contribution in [0.5, 0.6) is 0 Å². The zero-order valence-corrected chi connectivity index (χ0v) is 9.73. The number of rotatable bonds is 2. The summed E-state index contributed by atoms with van der Waals surface area (Å²) in [5.74, 6) is -0.345. The molecule has 88 valence electrons. The number of β-amino-alcohol motifs (C(OH)–C–C–N with tert-alkyl or cyclic N) is 1. The SMILES string of the molecule is OC1(Cc2ccc(F)cc2Cl)CCCNC1.